The van der Waals surface area contributed by atoms with E-state index in [0.29, 0.717) is 10.8 Å². The number of likely N-dealkylation sites (N-methyl/N-ethyl adjacent to an activating group) is 1. The van der Waals surface area contributed by atoms with Crippen LogP contribution in [0.25, 0.3) is 0 Å². The summed E-state index contributed by atoms with van der Waals surface area (Å²) in [5.74, 6) is 0. The molecular weight excluding hydrogens is 220 g/mol. The Kier molecular flexibility index (Phi) is 4.08. The van der Waals surface area contributed by atoms with Crippen molar-refractivity contribution in [3.63, 3.8) is 0 Å². The van der Waals surface area contributed by atoms with Gasteiger partial charge in [0.2, 0.25) is 0 Å². The Labute approximate surface area is 114 Å². The van der Waals surface area contributed by atoms with Crippen molar-refractivity contribution in [1.29, 1.82) is 0 Å². The molecule has 2 nitrogen and oxygen atoms in total. The SMILES string of the molecule is CN1CCCC1CNC1CC(C)(C)CC(C)(C)C1. The fraction of sp³-hybridized carbons (Fsp3) is 1.00. The highest BCUT2D eigenvalue weighted by molar-refractivity contribution is 4.93. The predicted molar refractivity (Wildman–Crippen MR) is 78.9 cm³/mol. The van der Waals surface area contributed by atoms with Crippen molar-refractivity contribution in [3.8, 4) is 0 Å². The van der Waals surface area contributed by atoms with E-state index in [4.69, 9.17) is 0 Å². The van der Waals surface area contributed by atoms with Crippen molar-refractivity contribution >= 4 is 0 Å². The molecule has 1 saturated heterocycles. The third kappa shape index (κ3) is 3.71. The van der Waals surface area contributed by atoms with Crippen molar-refractivity contribution in [2.75, 3.05) is 20.1 Å². The van der Waals surface area contributed by atoms with Gasteiger partial charge in [0.15, 0.2) is 0 Å². The molecule has 0 bridgehead atoms. The number of nitrogens with zero attached hydrogens (tertiary/aromatic N) is 1. The van der Waals surface area contributed by atoms with Crippen LogP contribution in [-0.4, -0.2) is 37.1 Å². The maximum atomic E-state index is 3.86. The van der Waals surface area contributed by atoms with Crippen molar-refractivity contribution in [3.05, 3.63) is 0 Å². The van der Waals surface area contributed by atoms with Crippen LogP contribution >= 0.6 is 0 Å². The van der Waals surface area contributed by atoms with Crippen LogP contribution < -0.4 is 5.32 Å². The Balaban J connectivity index is 1.85. The summed E-state index contributed by atoms with van der Waals surface area (Å²) in [7, 11) is 2.27. The van der Waals surface area contributed by atoms with E-state index in [1.165, 1.54) is 45.2 Å². The van der Waals surface area contributed by atoms with Crippen molar-refractivity contribution in [1.82, 2.24) is 10.2 Å². The van der Waals surface area contributed by atoms with E-state index in [0.717, 1.165) is 12.1 Å². The monoisotopic (exact) mass is 252 g/mol. The topological polar surface area (TPSA) is 15.3 Å². The zero-order valence-corrected chi connectivity index (χ0v) is 13.1. The largest absolute Gasteiger partial charge is 0.312 e. The molecule has 1 aliphatic heterocycles. The van der Waals surface area contributed by atoms with Crippen LogP contribution in [0.15, 0.2) is 0 Å². The lowest BCUT2D eigenvalue weighted by Gasteiger charge is -2.45. The molecule has 1 N–H and O–H groups in total. The van der Waals surface area contributed by atoms with Crippen LogP contribution in [0.5, 0.6) is 0 Å². The third-order valence-electron chi connectivity index (χ3n) is 4.87. The second-order valence-electron chi connectivity index (χ2n) is 8.30. The summed E-state index contributed by atoms with van der Waals surface area (Å²) >= 11 is 0. The van der Waals surface area contributed by atoms with Crippen molar-refractivity contribution in [2.45, 2.75) is 71.9 Å². The molecule has 0 radical (unpaired) electrons. The summed E-state index contributed by atoms with van der Waals surface area (Å²) in [4.78, 5) is 2.52. The quantitative estimate of drug-likeness (QED) is 0.829. The summed E-state index contributed by atoms with van der Waals surface area (Å²) in [5, 5.41) is 3.86. The maximum Gasteiger partial charge on any atom is 0.0218 e. The van der Waals surface area contributed by atoms with Crippen LogP contribution in [0.1, 0.15) is 59.8 Å². The second-order valence-corrected chi connectivity index (χ2v) is 8.30. The van der Waals surface area contributed by atoms with Gasteiger partial charge in [0.05, 0.1) is 0 Å². The molecule has 0 amide bonds. The lowest BCUT2D eigenvalue weighted by Crippen LogP contribution is -2.47. The first-order valence-corrected chi connectivity index (χ1v) is 7.71. The average Bonchev–Trinajstić information content (AvgIpc) is 2.56. The van der Waals surface area contributed by atoms with E-state index >= 15 is 0 Å². The van der Waals surface area contributed by atoms with Crippen molar-refractivity contribution in [2.24, 2.45) is 10.8 Å². The highest BCUT2D eigenvalue weighted by Gasteiger charge is 2.38. The molecule has 1 saturated carbocycles. The van der Waals surface area contributed by atoms with Crippen LogP contribution in [0.3, 0.4) is 0 Å². The van der Waals surface area contributed by atoms with Gasteiger partial charge >= 0.3 is 0 Å². The molecule has 1 heterocycles. The molecular formula is C16H32N2. The van der Waals surface area contributed by atoms with E-state index in [1.807, 2.05) is 0 Å². The summed E-state index contributed by atoms with van der Waals surface area (Å²) < 4.78 is 0. The van der Waals surface area contributed by atoms with E-state index in [2.05, 4.69) is 45.0 Å². The van der Waals surface area contributed by atoms with Gasteiger partial charge in [-0.15, -0.1) is 0 Å². The van der Waals surface area contributed by atoms with E-state index in [-0.39, 0.29) is 0 Å². The average molecular weight is 252 g/mol. The third-order valence-corrected chi connectivity index (χ3v) is 4.87. The number of nitrogens with one attached hydrogen (secondary N) is 1. The first-order valence-electron chi connectivity index (χ1n) is 7.71. The molecule has 0 aromatic carbocycles. The molecule has 1 atom stereocenters. The van der Waals surface area contributed by atoms with Gasteiger partial charge in [0.25, 0.3) is 0 Å². The van der Waals surface area contributed by atoms with Gasteiger partial charge in [-0.2, -0.15) is 0 Å². The second kappa shape index (κ2) is 5.13. The summed E-state index contributed by atoms with van der Waals surface area (Å²) in [5.41, 5.74) is 1.00. The van der Waals surface area contributed by atoms with Gasteiger partial charge in [0, 0.05) is 18.6 Å². The Morgan fingerprint density at radius 2 is 1.72 bits per heavy atom. The molecule has 0 spiro atoms. The minimum Gasteiger partial charge on any atom is -0.312 e. The van der Waals surface area contributed by atoms with Gasteiger partial charge in [0.1, 0.15) is 0 Å². The molecule has 18 heavy (non-hydrogen) atoms. The molecule has 1 unspecified atom stereocenters. The zero-order valence-electron chi connectivity index (χ0n) is 13.1. The minimum atomic E-state index is 0.501. The van der Waals surface area contributed by atoms with Crippen molar-refractivity contribution < 1.29 is 0 Å². The predicted octanol–water partition coefficient (Wildman–Crippen LogP) is 3.28. The molecule has 2 rings (SSSR count). The summed E-state index contributed by atoms with van der Waals surface area (Å²) in [6.07, 6.45) is 6.80. The fourth-order valence-electron chi connectivity index (χ4n) is 4.53. The molecule has 2 aliphatic rings. The maximum absolute atomic E-state index is 3.86. The standard InChI is InChI=1S/C16H32N2/c1-15(2)9-13(10-16(3,4)12-15)17-11-14-7-6-8-18(14)5/h13-14,17H,6-12H2,1-5H3. The van der Waals surface area contributed by atoms with Gasteiger partial charge in [-0.05, 0) is 56.5 Å². The van der Waals surface area contributed by atoms with Crippen LogP contribution in [0.4, 0.5) is 0 Å². The molecule has 1 aliphatic carbocycles. The van der Waals surface area contributed by atoms with E-state index in [1.54, 1.807) is 0 Å². The van der Waals surface area contributed by atoms with Crippen LogP contribution in [0, 0.1) is 10.8 Å². The highest BCUT2D eigenvalue weighted by atomic mass is 15.2. The van der Waals surface area contributed by atoms with Gasteiger partial charge < -0.3 is 10.2 Å². The van der Waals surface area contributed by atoms with Gasteiger partial charge in [-0.3, -0.25) is 0 Å². The first-order chi connectivity index (χ1) is 8.27. The molecule has 106 valence electrons. The number of hydrogen-bond donors (Lipinski definition) is 1. The highest BCUT2D eigenvalue weighted by Crippen LogP contribution is 2.45. The summed E-state index contributed by atoms with van der Waals surface area (Å²) in [6.45, 7) is 12.2. The fourth-order valence-corrected chi connectivity index (χ4v) is 4.53. The lowest BCUT2D eigenvalue weighted by atomic mass is 9.63. The summed E-state index contributed by atoms with van der Waals surface area (Å²) in [6, 6.07) is 1.50. The molecule has 0 aromatic heterocycles. The van der Waals surface area contributed by atoms with E-state index in [9.17, 15) is 0 Å². The zero-order chi connectivity index (χ0) is 13.4. The van der Waals surface area contributed by atoms with Crippen LogP contribution in [-0.2, 0) is 0 Å². The van der Waals surface area contributed by atoms with Gasteiger partial charge in [-0.1, -0.05) is 27.7 Å². The Morgan fingerprint density at radius 1 is 1.11 bits per heavy atom. The Hall–Kier alpha value is -0.0800. The lowest BCUT2D eigenvalue weighted by molar-refractivity contribution is 0.0825. The Bertz CT molecular complexity index is 267. The molecule has 0 aromatic rings. The normalized spacial score (nSPS) is 32.8. The van der Waals surface area contributed by atoms with Crippen LogP contribution in [0.2, 0.25) is 0 Å². The number of rotatable bonds is 3. The van der Waals surface area contributed by atoms with E-state index < -0.39 is 0 Å². The Morgan fingerprint density at radius 3 is 2.22 bits per heavy atom. The number of hydrogen-bond acceptors (Lipinski definition) is 2. The minimum absolute atomic E-state index is 0.501. The smallest absolute Gasteiger partial charge is 0.0218 e. The first kappa shape index (κ1) is 14.3. The molecule has 2 heteroatoms. The molecule has 2 fully saturated rings. The number of likely N-dealkylation sites (tertiary alicyclic amines) is 1. The van der Waals surface area contributed by atoms with Gasteiger partial charge in [-0.25, -0.2) is 0 Å².